The first-order valence-corrected chi connectivity index (χ1v) is 10.8. The topological polar surface area (TPSA) is 87.5 Å². The summed E-state index contributed by atoms with van der Waals surface area (Å²) in [5.41, 5.74) is 7.87. The Balaban J connectivity index is 1.26. The fourth-order valence-corrected chi connectivity index (χ4v) is 4.82. The predicted molar refractivity (Wildman–Crippen MR) is 118 cm³/mol. The van der Waals surface area contributed by atoms with Gasteiger partial charge in [0.15, 0.2) is 0 Å². The molecule has 0 radical (unpaired) electrons. The van der Waals surface area contributed by atoms with E-state index in [2.05, 4.69) is 27.7 Å². The highest BCUT2D eigenvalue weighted by Gasteiger charge is 2.40. The van der Waals surface area contributed by atoms with Gasteiger partial charge >= 0.3 is 0 Å². The third-order valence-corrected chi connectivity index (χ3v) is 6.39. The number of nitrogens with one attached hydrogen (secondary N) is 2. The molecular formula is C23H27ClN4O2. The van der Waals surface area contributed by atoms with Gasteiger partial charge in [0.1, 0.15) is 0 Å². The standard InChI is InChI=1S/C23H27ClN4O2/c24-16-7-5-15(6-8-16)14-28-18-9-10-19(28)12-17(11-18)27-22(29)13-26-23(30)20-3-1-2-4-21(20)25/h1-8,17-19H,9-14,25H2,(H,26,30)(H,27,29). The average molecular weight is 427 g/mol. The zero-order valence-electron chi connectivity index (χ0n) is 16.8. The molecule has 2 aliphatic heterocycles. The number of nitrogens with two attached hydrogens (primary N) is 1. The number of nitrogen functional groups attached to an aromatic ring is 1. The van der Waals surface area contributed by atoms with Gasteiger partial charge in [0, 0.05) is 35.4 Å². The molecule has 158 valence electrons. The Morgan fingerprint density at radius 3 is 2.37 bits per heavy atom. The van der Waals surface area contributed by atoms with Gasteiger partial charge in [-0.2, -0.15) is 0 Å². The van der Waals surface area contributed by atoms with Crippen LogP contribution in [0.25, 0.3) is 0 Å². The van der Waals surface area contributed by atoms with Crippen LogP contribution >= 0.6 is 11.6 Å². The van der Waals surface area contributed by atoms with Gasteiger partial charge in [-0.3, -0.25) is 14.5 Å². The summed E-state index contributed by atoms with van der Waals surface area (Å²) in [4.78, 5) is 27.2. The van der Waals surface area contributed by atoms with Crippen molar-refractivity contribution in [2.24, 2.45) is 0 Å². The van der Waals surface area contributed by atoms with Crippen molar-refractivity contribution in [3.8, 4) is 0 Å². The normalized spacial score (nSPS) is 23.2. The fraction of sp³-hybridized carbons (Fsp3) is 0.391. The SMILES string of the molecule is Nc1ccccc1C(=O)NCC(=O)NC1CC2CCC(C1)N2Cc1ccc(Cl)cc1. The molecule has 2 aliphatic rings. The molecule has 0 saturated carbocycles. The lowest BCUT2D eigenvalue weighted by atomic mass is 9.96. The Labute approximate surface area is 181 Å². The van der Waals surface area contributed by atoms with Crippen molar-refractivity contribution in [1.82, 2.24) is 15.5 Å². The molecule has 2 amide bonds. The molecule has 7 heteroatoms. The van der Waals surface area contributed by atoms with E-state index in [-0.39, 0.29) is 24.4 Å². The summed E-state index contributed by atoms with van der Waals surface area (Å²) in [6, 6.07) is 16.0. The number of hydrogen-bond donors (Lipinski definition) is 3. The van der Waals surface area contributed by atoms with Gasteiger partial charge in [-0.25, -0.2) is 0 Å². The largest absolute Gasteiger partial charge is 0.398 e. The van der Waals surface area contributed by atoms with Crippen molar-refractivity contribution in [2.75, 3.05) is 12.3 Å². The lowest BCUT2D eigenvalue weighted by Gasteiger charge is -2.39. The molecular weight excluding hydrogens is 400 g/mol. The van der Waals surface area contributed by atoms with Crippen LogP contribution in [0.2, 0.25) is 5.02 Å². The van der Waals surface area contributed by atoms with Gasteiger partial charge in [-0.1, -0.05) is 35.9 Å². The number of carbonyl (C=O) groups excluding carboxylic acids is 2. The summed E-state index contributed by atoms with van der Waals surface area (Å²) in [6.07, 6.45) is 4.20. The number of anilines is 1. The van der Waals surface area contributed by atoms with Gasteiger partial charge < -0.3 is 16.4 Å². The van der Waals surface area contributed by atoms with Crippen LogP contribution in [0.15, 0.2) is 48.5 Å². The Morgan fingerprint density at radius 1 is 1.03 bits per heavy atom. The Morgan fingerprint density at radius 2 is 1.70 bits per heavy atom. The Bertz CT molecular complexity index is 904. The van der Waals surface area contributed by atoms with Crippen molar-refractivity contribution in [2.45, 2.75) is 50.4 Å². The molecule has 0 spiro atoms. The summed E-state index contributed by atoms with van der Waals surface area (Å²) in [7, 11) is 0. The van der Waals surface area contributed by atoms with Gasteiger partial charge in [0.2, 0.25) is 5.91 Å². The molecule has 2 aromatic rings. The van der Waals surface area contributed by atoms with E-state index in [9.17, 15) is 9.59 Å². The lowest BCUT2D eigenvalue weighted by molar-refractivity contribution is -0.121. The monoisotopic (exact) mass is 426 g/mol. The highest BCUT2D eigenvalue weighted by Crippen LogP contribution is 2.36. The molecule has 0 aromatic heterocycles. The second-order valence-corrected chi connectivity index (χ2v) is 8.63. The van der Waals surface area contributed by atoms with Crippen molar-refractivity contribution in [1.29, 1.82) is 0 Å². The summed E-state index contributed by atoms with van der Waals surface area (Å²) in [5, 5.41) is 6.52. The van der Waals surface area contributed by atoms with E-state index in [0.717, 1.165) is 37.3 Å². The van der Waals surface area contributed by atoms with Crippen molar-refractivity contribution >= 4 is 29.1 Å². The molecule has 30 heavy (non-hydrogen) atoms. The Hall–Kier alpha value is -2.57. The van der Waals surface area contributed by atoms with E-state index >= 15 is 0 Å². The number of halogens is 1. The predicted octanol–water partition coefficient (Wildman–Crippen LogP) is 2.96. The second-order valence-electron chi connectivity index (χ2n) is 8.19. The fourth-order valence-electron chi connectivity index (χ4n) is 4.69. The number of carbonyl (C=O) groups is 2. The smallest absolute Gasteiger partial charge is 0.253 e. The maximum atomic E-state index is 12.4. The molecule has 2 atom stereocenters. The first-order chi connectivity index (χ1) is 14.5. The molecule has 2 unspecified atom stereocenters. The summed E-state index contributed by atoms with van der Waals surface area (Å²) < 4.78 is 0. The summed E-state index contributed by atoms with van der Waals surface area (Å²) >= 11 is 5.99. The minimum absolute atomic E-state index is 0.0481. The first kappa shape index (κ1) is 20.7. The molecule has 2 saturated heterocycles. The van der Waals surface area contributed by atoms with Crippen molar-refractivity contribution in [3.05, 3.63) is 64.7 Å². The third kappa shape index (κ3) is 4.77. The highest BCUT2D eigenvalue weighted by atomic mass is 35.5. The Kier molecular flexibility index (Phi) is 6.25. The summed E-state index contributed by atoms with van der Waals surface area (Å²) in [6.45, 7) is 0.870. The number of rotatable bonds is 6. The van der Waals surface area contributed by atoms with Crippen LogP contribution in [0.1, 0.15) is 41.6 Å². The van der Waals surface area contributed by atoms with Gasteiger partial charge in [0.05, 0.1) is 12.1 Å². The average Bonchev–Trinajstić information content (AvgIpc) is 2.96. The van der Waals surface area contributed by atoms with Crippen LogP contribution in [0, 0.1) is 0 Å². The number of piperidine rings is 1. The molecule has 4 N–H and O–H groups in total. The molecule has 2 bridgehead atoms. The number of nitrogens with zero attached hydrogens (tertiary/aromatic N) is 1. The first-order valence-electron chi connectivity index (χ1n) is 10.4. The molecule has 4 rings (SSSR count). The number of amides is 2. The second kappa shape index (κ2) is 9.06. The lowest BCUT2D eigenvalue weighted by Crippen LogP contribution is -2.51. The van der Waals surface area contributed by atoms with E-state index in [0.29, 0.717) is 23.3 Å². The van der Waals surface area contributed by atoms with Crippen LogP contribution in [-0.4, -0.2) is 41.4 Å². The number of fused-ring (bicyclic) bond motifs is 2. The number of benzene rings is 2. The maximum Gasteiger partial charge on any atom is 0.253 e. The molecule has 2 fully saturated rings. The zero-order valence-corrected chi connectivity index (χ0v) is 17.6. The van der Waals surface area contributed by atoms with E-state index in [4.69, 9.17) is 17.3 Å². The van der Waals surface area contributed by atoms with Crippen LogP contribution in [0.3, 0.4) is 0 Å². The van der Waals surface area contributed by atoms with E-state index in [1.54, 1.807) is 24.3 Å². The van der Waals surface area contributed by atoms with Gasteiger partial charge in [-0.15, -0.1) is 0 Å². The van der Waals surface area contributed by atoms with Crippen LogP contribution in [0.5, 0.6) is 0 Å². The van der Waals surface area contributed by atoms with Gasteiger partial charge in [0.25, 0.3) is 5.91 Å². The van der Waals surface area contributed by atoms with Crippen molar-refractivity contribution in [3.63, 3.8) is 0 Å². The highest BCUT2D eigenvalue weighted by molar-refractivity contribution is 6.30. The van der Waals surface area contributed by atoms with E-state index in [1.807, 2.05) is 12.1 Å². The van der Waals surface area contributed by atoms with E-state index < -0.39 is 0 Å². The molecule has 2 heterocycles. The van der Waals surface area contributed by atoms with Gasteiger partial charge in [-0.05, 0) is 55.5 Å². The summed E-state index contributed by atoms with van der Waals surface area (Å²) in [5.74, 6) is -0.491. The molecule has 6 nitrogen and oxygen atoms in total. The van der Waals surface area contributed by atoms with Crippen LogP contribution in [-0.2, 0) is 11.3 Å². The van der Waals surface area contributed by atoms with Crippen LogP contribution in [0.4, 0.5) is 5.69 Å². The minimum Gasteiger partial charge on any atom is -0.398 e. The number of para-hydroxylation sites is 1. The molecule has 0 aliphatic carbocycles. The zero-order chi connectivity index (χ0) is 21.1. The van der Waals surface area contributed by atoms with Crippen LogP contribution < -0.4 is 16.4 Å². The third-order valence-electron chi connectivity index (χ3n) is 6.14. The minimum atomic E-state index is -0.332. The maximum absolute atomic E-state index is 12.4. The number of hydrogen-bond acceptors (Lipinski definition) is 4. The quantitative estimate of drug-likeness (QED) is 0.620. The van der Waals surface area contributed by atoms with E-state index in [1.165, 1.54) is 5.56 Å². The molecule has 2 aromatic carbocycles. The van der Waals surface area contributed by atoms with Crippen molar-refractivity contribution < 1.29 is 9.59 Å².